The molecule has 0 N–H and O–H groups in total. The smallest absolute Gasteiger partial charge is 0.00468 e. The topological polar surface area (TPSA) is 0 Å². The van der Waals surface area contributed by atoms with Gasteiger partial charge in [-0.1, -0.05) is 65.7 Å². The first-order chi connectivity index (χ1) is 8.99. The van der Waals surface area contributed by atoms with Gasteiger partial charge >= 0.3 is 0 Å². The van der Waals surface area contributed by atoms with Gasteiger partial charge in [-0.3, -0.25) is 0 Å². The van der Waals surface area contributed by atoms with Crippen molar-refractivity contribution >= 4 is 0 Å². The second kappa shape index (κ2) is 5.69. The van der Waals surface area contributed by atoms with Crippen LogP contribution in [0.1, 0.15) is 82.9 Å². The van der Waals surface area contributed by atoms with E-state index in [-0.39, 0.29) is 0 Å². The maximum Gasteiger partial charge on any atom is -0.00468 e. The Morgan fingerprint density at radius 1 is 1.32 bits per heavy atom. The Bertz CT molecular complexity index is 430. The maximum atomic E-state index is 2.50. The summed E-state index contributed by atoms with van der Waals surface area (Å²) in [7, 11) is 0. The maximum absolute atomic E-state index is 2.50. The Balaban J connectivity index is 2.39. The lowest BCUT2D eigenvalue weighted by Crippen LogP contribution is -2.35. The minimum absolute atomic E-state index is 0.402. The molecule has 0 aromatic heterocycles. The molecule has 0 nitrogen and oxygen atoms in total. The van der Waals surface area contributed by atoms with Gasteiger partial charge in [-0.15, -0.1) is 0 Å². The third-order valence-electron chi connectivity index (χ3n) is 5.40. The molecular weight excluding hydrogens is 228 g/mol. The molecule has 0 radical (unpaired) electrons. The van der Waals surface area contributed by atoms with E-state index in [2.05, 4.69) is 52.8 Å². The molecule has 2 unspecified atom stereocenters. The molecular formula is C19H30. The lowest BCUT2D eigenvalue weighted by atomic mass is 9.62. The number of aryl methyl sites for hydroxylation is 1. The fourth-order valence-corrected chi connectivity index (χ4v) is 3.62. The number of hydrogen-bond acceptors (Lipinski definition) is 0. The van der Waals surface area contributed by atoms with Crippen LogP contribution in [0.4, 0.5) is 0 Å². The molecule has 1 aromatic carbocycles. The van der Waals surface area contributed by atoms with Crippen LogP contribution in [0.3, 0.4) is 0 Å². The average Bonchev–Trinajstić information content (AvgIpc) is 2.40. The lowest BCUT2D eigenvalue weighted by Gasteiger charge is -2.42. The van der Waals surface area contributed by atoms with E-state index in [1.807, 2.05) is 0 Å². The third-order valence-corrected chi connectivity index (χ3v) is 5.40. The molecule has 0 aliphatic heterocycles. The van der Waals surface area contributed by atoms with E-state index in [9.17, 15) is 0 Å². The molecule has 2 atom stereocenters. The first kappa shape index (κ1) is 14.6. The van der Waals surface area contributed by atoms with Crippen LogP contribution in [-0.4, -0.2) is 0 Å². The van der Waals surface area contributed by atoms with Crippen molar-refractivity contribution in [3.05, 3.63) is 34.9 Å². The van der Waals surface area contributed by atoms with Crippen LogP contribution in [0, 0.1) is 5.92 Å². The summed E-state index contributed by atoms with van der Waals surface area (Å²) in [5.41, 5.74) is 5.18. The normalized spacial score (nSPS) is 26.5. The van der Waals surface area contributed by atoms with E-state index >= 15 is 0 Å². The molecule has 1 aromatic rings. The van der Waals surface area contributed by atoms with Crippen LogP contribution in [0.2, 0.25) is 0 Å². The van der Waals surface area contributed by atoms with E-state index in [0.717, 1.165) is 5.92 Å². The van der Waals surface area contributed by atoms with Gasteiger partial charge in [-0.05, 0) is 53.2 Å². The molecule has 0 heterocycles. The molecule has 1 aliphatic rings. The number of hydrogen-bond donors (Lipinski definition) is 0. The zero-order chi connectivity index (χ0) is 14.0. The summed E-state index contributed by atoms with van der Waals surface area (Å²) < 4.78 is 0. The van der Waals surface area contributed by atoms with Crippen molar-refractivity contribution in [1.82, 2.24) is 0 Å². The van der Waals surface area contributed by atoms with E-state index in [0.29, 0.717) is 11.3 Å². The average molecular weight is 258 g/mol. The van der Waals surface area contributed by atoms with Gasteiger partial charge in [0.2, 0.25) is 0 Å². The van der Waals surface area contributed by atoms with Crippen molar-refractivity contribution in [2.24, 2.45) is 5.92 Å². The summed E-state index contributed by atoms with van der Waals surface area (Å²) in [6, 6.07) is 7.29. The number of unbranched alkanes of at least 4 members (excludes halogenated alkanes) is 1. The molecule has 0 saturated carbocycles. The van der Waals surface area contributed by atoms with Gasteiger partial charge in [0.15, 0.2) is 0 Å². The van der Waals surface area contributed by atoms with Crippen LogP contribution in [0.25, 0.3) is 0 Å². The summed E-state index contributed by atoms with van der Waals surface area (Å²) in [6.45, 7) is 11.8. The predicted molar refractivity (Wildman–Crippen MR) is 84.9 cm³/mol. The fourth-order valence-electron chi connectivity index (χ4n) is 3.62. The first-order valence-electron chi connectivity index (χ1n) is 8.12. The lowest BCUT2D eigenvalue weighted by molar-refractivity contribution is 0.252. The van der Waals surface area contributed by atoms with E-state index in [1.165, 1.54) is 37.7 Å². The highest BCUT2D eigenvalue weighted by Crippen LogP contribution is 2.45. The minimum atomic E-state index is 0.402. The number of fused-ring (bicyclic) bond motifs is 1. The molecule has 0 spiro atoms. The van der Waals surface area contributed by atoms with Crippen molar-refractivity contribution in [3.8, 4) is 0 Å². The summed E-state index contributed by atoms with van der Waals surface area (Å²) >= 11 is 0. The zero-order valence-electron chi connectivity index (χ0n) is 13.4. The van der Waals surface area contributed by atoms with Crippen molar-refractivity contribution in [2.75, 3.05) is 0 Å². The van der Waals surface area contributed by atoms with Gasteiger partial charge in [-0.25, -0.2) is 0 Å². The van der Waals surface area contributed by atoms with Gasteiger partial charge in [-0.2, -0.15) is 0 Å². The second-order valence-electron chi connectivity index (χ2n) is 7.03. The zero-order valence-corrected chi connectivity index (χ0v) is 13.4. The van der Waals surface area contributed by atoms with Gasteiger partial charge in [0.25, 0.3) is 0 Å². The van der Waals surface area contributed by atoms with Crippen molar-refractivity contribution in [3.63, 3.8) is 0 Å². The molecule has 19 heavy (non-hydrogen) atoms. The monoisotopic (exact) mass is 258 g/mol. The Labute approximate surface area is 119 Å². The highest BCUT2D eigenvalue weighted by Gasteiger charge is 2.37. The highest BCUT2D eigenvalue weighted by molar-refractivity contribution is 5.40. The molecule has 106 valence electrons. The van der Waals surface area contributed by atoms with E-state index < -0.39 is 0 Å². The van der Waals surface area contributed by atoms with E-state index in [1.54, 1.807) is 11.1 Å². The van der Waals surface area contributed by atoms with Crippen LogP contribution in [-0.2, 0) is 11.8 Å². The van der Waals surface area contributed by atoms with Crippen LogP contribution in [0.15, 0.2) is 18.2 Å². The molecule has 0 fully saturated rings. The van der Waals surface area contributed by atoms with Gasteiger partial charge in [0, 0.05) is 0 Å². The van der Waals surface area contributed by atoms with Gasteiger partial charge in [0.05, 0.1) is 0 Å². The first-order valence-corrected chi connectivity index (χ1v) is 8.12. The Morgan fingerprint density at radius 2 is 2.05 bits per heavy atom. The largest absolute Gasteiger partial charge is 0.0654 e. The molecule has 0 amide bonds. The summed E-state index contributed by atoms with van der Waals surface area (Å²) in [5.74, 6) is 1.46. The third kappa shape index (κ3) is 2.73. The summed E-state index contributed by atoms with van der Waals surface area (Å²) in [5, 5.41) is 0. The standard InChI is InChI=1S/C19H30/c1-6-7-12-19(5)15(4)8-9-17-13-16(14(2)3)10-11-18(17)19/h10-11,13-15H,6-9,12H2,1-5H3. The van der Waals surface area contributed by atoms with Crippen LogP contribution in [0.5, 0.6) is 0 Å². The Kier molecular flexibility index (Phi) is 4.38. The van der Waals surface area contributed by atoms with Crippen molar-refractivity contribution in [1.29, 1.82) is 0 Å². The second-order valence-corrected chi connectivity index (χ2v) is 7.03. The van der Waals surface area contributed by atoms with Crippen LogP contribution < -0.4 is 0 Å². The number of rotatable bonds is 4. The summed E-state index contributed by atoms with van der Waals surface area (Å²) in [4.78, 5) is 0. The Morgan fingerprint density at radius 3 is 2.68 bits per heavy atom. The Hall–Kier alpha value is -0.780. The quantitative estimate of drug-likeness (QED) is 0.636. The molecule has 2 rings (SSSR count). The van der Waals surface area contributed by atoms with Crippen molar-refractivity contribution < 1.29 is 0 Å². The predicted octanol–water partition coefficient (Wildman–Crippen LogP) is 5.84. The van der Waals surface area contributed by atoms with E-state index in [4.69, 9.17) is 0 Å². The highest BCUT2D eigenvalue weighted by atomic mass is 14.4. The summed E-state index contributed by atoms with van der Waals surface area (Å²) in [6.07, 6.45) is 6.64. The number of benzene rings is 1. The van der Waals surface area contributed by atoms with Gasteiger partial charge in [0.1, 0.15) is 0 Å². The van der Waals surface area contributed by atoms with Crippen LogP contribution >= 0.6 is 0 Å². The molecule has 0 saturated heterocycles. The fraction of sp³-hybridized carbons (Fsp3) is 0.684. The van der Waals surface area contributed by atoms with Crippen molar-refractivity contribution in [2.45, 2.75) is 78.1 Å². The molecule has 1 aliphatic carbocycles. The molecule has 0 bridgehead atoms. The minimum Gasteiger partial charge on any atom is -0.0654 e. The SMILES string of the molecule is CCCCC1(C)c2ccc(C(C)C)cc2CCC1C. The van der Waals surface area contributed by atoms with Gasteiger partial charge < -0.3 is 0 Å². The molecule has 0 heteroatoms.